The predicted molar refractivity (Wildman–Crippen MR) is 89.1 cm³/mol. The van der Waals surface area contributed by atoms with Gasteiger partial charge in [0, 0.05) is 25.7 Å². The quantitative estimate of drug-likeness (QED) is 0.787. The number of carbonyl (C=O) groups excluding carboxylic acids is 1. The summed E-state index contributed by atoms with van der Waals surface area (Å²) in [5.74, 6) is 0.133. The molecule has 1 amide bonds. The van der Waals surface area contributed by atoms with E-state index in [1.54, 1.807) is 0 Å². The number of anilines is 2. The van der Waals surface area contributed by atoms with Crippen LogP contribution in [0.1, 0.15) is 50.4 Å². The summed E-state index contributed by atoms with van der Waals surface area (Å²) in [6.07, 6.45) is 3.41. The molecule has 116 valence electrons. The Hall–Kier alpha value is -1.71. The highest BCUT2D eigenvalue weighted by atomic mass is 16.2. The molecule has 1 aliphatic rings. The third-order valence-corrected chi connectivity index (χ3v) is 3.92. The van der Waals surface area contributed by atoms with Crippen LogP contribution in [0.2, 0.25) is 0 Å². The van der Waals surface area contributed by atoms with Gasteiger partial charge >= 0.3 is 0 Å². The zero-order chi connectivity index (χ0) is 15.2. The molecule has 0 spiro atoms. The summed E-state index contributed by atoms with van der Waals surface area (Å²) in [5, 5.41) is 6.71. The second-order valence-corrected chi connectivity index (χ2v) is 5.88. The lowest BCUT2D eigenvalue weighted by atomic mass is 10.1. The summed E-state index contributed by atoms with van der Waals surface area (Å²) < 4.78 is 0. The normalized spacial score (nSPS) is 13.3. The molecule has 0 saturated heterocycles. The third kappa shape index (κ3) is 3.69. The molecule has 4 heteroatoms. The topological polar surface area (TPSA) is 44.4 Å². The summed E-state index contributed by atoms with van der Waals surface area (Å²) in [5.41, 5.74) is 2.77. The van der Waals surface area contributed by atoms with Crippen LogP contribution in [0.15, 0.2) is 18.2 Å². The number of unbranched alkanes of at least 4 members (excludes halogenated alkanes) is 2. The molecule has 1 aromatic rings. The van der Waals surface area contributed by atoms with Gasteiger partial charge in [-0.3, -0.25) is 4.79 Å². The Morgan fingerprint density at radius 1 is 1.24 bits per heavy atom. The van der Waals surface area contributed by atoms with E-state index >= 15 is 0 Å². The average Bonchev–Trinajstić information content (AvgIpc) is 2.50. The molecule has 1 aliphatic heterocycles. The van der Waals surface area contributed by atoms with Crippen LogP contribution in [0.4, 0.5) is 11.4 Å². The molecule has 0 saturated carbocycles. The fourth-order valence-corrected chi connectivity index (χ4v) is 2.73. The lowest BCUT2D eigenvalue weighted by Crippen LogP contribution is -2.38. The number of nitrogens with zero attached hydrogens (tertiary/aromatic N) is 1. The fraction of sp³-hybridized carbons (Fsp3) is 0.588. The van der Waals surface area contributed by atoms with E-state index in [9.17, 15) is 4.79 Å². The zero-order valence-corrected chi connectivity index (χ0v) is 13.4. The molecule has 0 radical (unpaired) electrons. The number of hydrogen-bond acceptors (Lipinski definition) is 3. The monoisotopic (exact) mass is 289 g/mol. The Bertz CT molecular complexity index is 485. The number of nitrogens with one attached hydrogen (secondary N) is 2. The molecule has 1 heterocycles. The highest BCUT2D eigenvalue weighted by molar-refractivity contribution is 6.02. The lowest BCUT2D eigenvalue weighted by Gasteiger charge is -2.29. The van der Waals surface area contributed by atoms with Crippen LogP contribution in [-0.4, -0.2) is 36.5 Å². The van der Waals surface area contributed by atoms with Crippen LogP contribution < -0.4 is 10.6 Å². The molecule has 4 nitrogen and oxygen atoms in total. The number of hydrogen-bond donors (Lipinski definition) is 2. The Kier molecular flexibility index (Phi) is 5.48. The highest BCUT2D eigenvalue weighted by Gasteiger charge is 2.23. The minimum atomic E-state index is 0.133. The van der Waals surface area contributed by atoms with Crippen LogP contribution in [0, 0.1) is 0 Å². The molecule has 2 N–H and O–H groups in total. The zero-order valence-electron chi connectivity index (χ0n) is 13.4. The molecule has 0 fully saturated rings. The minimum Gasteiger partial charge on any atom is -0.382 e. The molecule has 1 aromatic carbocycles. The van der Waals surface area contributed by atoms with Crippen LogP contribution >= 0.6 is 0 Å². The molecular weight excluding hydrogens is 262 g/mol. The Labute approximate surface area is 127 Å². The first kappa shape index (κ1) is 15.7. The number of amides is 1. The maximum Gasteiger partial charge on any atom is 0.256 e. The third-order valence-electron chi connectivity index (χ3n) is 3.92. The van der Waals surface area contributed by atoms with E-state index in [0.717, 1.165) is 43.0 Å². The first-order valence-corrected chi connectivity index (χ1v) is 8.07. The number of benzene rings is 1. The van der Waals surface area contributed by atoms with Gasteiger partial charge in [0.15, 0.2) is 0 Å². The molecule has 21 heavy (non-hydrogen) atoms. The van der Waals surface area contributed by atoms with Crippen molar-refractivity contribution in [2.24, 2.45) is 0 Å². The summed E-state index contributed by atoms with van der Waals surface area (Å²) in [6, 6.07) is 6.13. The van der Waals surface area contributed by atoms with E-state index in [2.05, 4.69) is 31.4 Å². The van der Waals surface area contributed by atoms with Crippen molar-refractivity contribution in [3.8, 4) is 0 Å². The summed E-state index contributed by atoms with van der Waals surface area (Å²) >= 11 is 0. The van der Waals surface area contributed by atoms with E-state index in [4.69, 9.17) is 0 Å². The maximum atomic E-state index is 12.9. The van der Waals surface area contributed by atoms with Crippen LogP contribution in [0.25, 0.3) is 0 Å². The average molecular weight is 289 g/mol. The van der Waals surface area contributed by atoms with E-state index < -0.39 is 0 Å². The fourth-order valence-electron chi connectivity index (χ4n) is 2.73. The molecule has 0 unspecified atom stereocenters. The molecular formula is C17H27N3O. The van der Waals surface area contributed by atoms with E-state index in [1.807, 2.05) is 23.1 Å². The molecule has 2 rings (SSSR count). The van der Waals surface area contributed by atoms with Gasteiger partial charge < -0.3 is 15.5 Å². The first-order valence-electron chi connectivity index (χ1n) is 8.07. The standard InChI is InChI=1S/C17H27N3O/c1-4-5-6-12-20(13(2)3)17(21)14-8-7-9-15-16(14)19-11-10-18-15/h7-9,13,18-19H,4-6,10-12H2,1-3H3. The number of carbonyl (C=O) groups is 1. The lowest BCUT2D eigenvalue weighted by molar-refractivity contribution is 0.0703. The van der Waals surface area contributed by atoms with Crippen molar-refractivity contribution in [3.05, 3.63) is 23.8 Å². The van der Waals surface area contributed by atoms with E-state index in [-0.39, 0.29) is 11.9 Å². The van der Waals surface area contributed by atoms with Gasteiger partial charge in [-0.2, -0.15) is 0 Å². The second-order valence-electron chi connectivity index (χ2n) is 5.88. The van der Waals surface area contributed by atoms with Gasteiger partial charge in [0.25, 0.3) is 5.91 Å². The van der Waals surface area contributed by atoms with Crippen molar-refractivity contribution in [2.75, 3.05) is 30.3 Å². The Morgan fingerprint density at radius 3 is 2.71 bits per heavy atom. The summed E-state index contributed by atoms with van der Waals surface area (Å²) in [7, 11) is 0. The SMILES string of the molecule is CCCCCN(C(=O)c1cccc2c1NCCN2)C(C)C. The minimum absolute atomic E-state index is 0.133. The highest BCUT2D eigenvalue weighted by Crippen LogP contribution is 2.29. The largest absolute Gasteiger partial charge is 0.382 e. The molecule has 0 atom stereocenters. The van der Waals surface area contributed by atoms with Gasteiger partial charge in [0.1, 0.15) is 0 Å². The first-order chi connectivity index (χ1) is 10.1. The maximum absolute atomic E-state index is 12.9. The van der Waals surface area contributed by atoms with Crippen molar-refractivity contribution in [2.45, 2.75) is 46.1 Å². The van der Waals surface area contributed by atoms with Crippen molar-refractivity contribution < 1.29 is 4.79 Å². The number of rotatable bonds is 6. The van der Waals surface area contributed by atoms with Crippen molar-refractivity contribution >= 4 is 17.3 Å². The van der Waals surface area contributed by atoms with Gasteiger partial charge in [-0.1, -0.05) is 25.8 Å². The van der Waals surface area contributed by atoms with Gasteiger partial charge in [-0.25, -0.2) is 0 Å². The molecule has 0 bridgehead atoms. The predicted octanol–water partition coefficient (Wildman–Crippen LogP) is 3.56. The van der Waals surface area contributed by atoms with Crippen LogP contribution in [-0.2, 0) is 0 Å². The molecule has 0 aliphatic carbocycles. The van der Waals surface area contributed by atoms with Gasteiger partial charge in [-0.15, -0.1) is 0 Å². The Balaban J connectivity index is 2.20. The number of fused-ring (bicyclic) bond motifs is 1. The summed E-state index contributed by atoms with van der Waals surface area (Å²) in [6.45, 7) is 8.95. The molecule has 0 aromatic heterocycles. The Morgan fingerprint density at radius 2 is 2.00 bits per heavy atom. The van der Waals surface area contributed by atoms with Crippen molar-refractivity contribution in [1.29, 1.82) is 0 Å². The van der Waals surface area contributed by atoms with Crippen LogP contribution in [0.3, 0.4) is 0 Å². The van der Waals surface area contributed by atoms with Crippen LogP contribution in [0.5, 0.6) is 0 Å². The van der Waals surface area contributed by atoms with Crippen molar-refractivity contribution in [3.63, 3.8) is 0 Å². The summed E-state index contributed by atoms with van der Waals surface area (Å²) in [4.78, 5) is 14.9. The second kappa shape index (κ2) is 7.34. The number of para-hydroxylation sites is 1. The smallest absolute Gasteiger partial charge is 0.256 e. The van der Waals surface area contributed by atoms with Gasteiger partial charge in [0.2, 0.25) is 0 Å². The van der Waals surface area contributed by atoms with Gasteiger partial charge in [-0.05, 0) is 32.4 Å². The van der Waals surface area contributed by atoms with Gasteiger partial charge in [0.05, 0.1) is 16.9 Å². The van der Waals surface area contributed by atoms with E-state index in [0.29, 0.717) is 0 Å². The van der Waals surface area contributed by atoms with Crippen molar-refractivity contribution in [1.82, 2.24) is 4.90 Å². The van der Waals surface area contributed by atoms with E-state index in [1.165, 1.54) is 12.8 Å².